The monoisotopic (exact) mass is 277 g/mol. The summed E-state index contributed by atoms with van der Waals surface area (Å²) in [5.41, 5.74) is 0.159. The van der Waals surface area contributed by atoms with Gasteiger partial charge in [-0.05, 0) is 74.5 Å². The summed E-state index contributed by atoms with van der Waals surface area (Å²) in [6, 6.07) is 0. The molecule has 4 bridgehead atoms. The highest BCUT2D eigenvalue weighted by molar-refractivity contribution is 5.76. The van der Waals surface area contributed by atoms with Crippen LogP contribution in [0.4, 0.5) is 0 Å². The molecule has 1 aliphatic heterocycles. The summed E-state index contributed by atoms with van der Waals surface area (Å²) in [6.07, 6.45) is 10.5. The molecule has 0 aromatic rings. The van der Waals surface area contributed by atoms with Gasteiger partial charge in [-0.2, -0.15) is 0 Å². The lowest BCUT2D eigenvalue weighted by molar-refractivity contribution is -0.146. The zero-order valence-corrected chi connectivity index (χ0v) is 12.4. The van der Waals surface area contributed by atoms with Crippen molar-refractivity contribution in [2.24, 2.45) is 23.2 Å². The van der Waals surface area contributed by atoms with E-state index in [1.807, 2.05) is 4.90 Å². The molecular weight excluding hydrogens is 250 g/mol. The molecule has 5 rings (SSSR count). The Morgan fingerprint density at radius 2 is 1.70 bits per heavy atom. The average molecular weight is 277 g/mol. The second kappa shape index (κ2) is 4.72. The van der Waals surface area contributed by atoms with Crippen LogP contribution in [-0.4, -0.2) is 35.1 Å². The van der Waals surface area contributed by atoms with Gasteiger partial charge < -0.3 is 10.0 Å². The average Bonchev–Trinajstić information content (AvgIpc) is 2.40. The molecule has 0 radical (unpaired) electrons. The van der Waals surface area contributed by atoms with E-state index in [2.05, 4.69) is 0 Å². The topological polar surface area (TPSA) is 40.5 Å². The van der Waals surface area contributed by atoms with Crippen LogP contribution >= 0.6 is 0 Å². The minimum Gasteiger partial charge on any atom is -0.391 e. The first-order valence-corrected chi connectivity index (χ1v) is 8.60. The van der Waals surface area contributed by atoms with Crippen molar-refractivity contribution < 1.29 is 9.90 Å². The first-order chi connectivity index (χ1) is 9.64. The second-order valence-electron chi connectivity index (χ2n) is 8.09. The van der Waals surface area contributed by atoms with E-state index in [1.54, 1.807) is 0 Å². The number of hydrogen-bond acceptors (Lipinski definition) is 2. The number of carbonyl (C=O) groups is 1. The number of aliphatic hydroxyl groups is 1. The van der Waals surface area contributed by atoms with E-state index in [0.717, 1.165) is 37.1 Å². The number of carbonyl (C=O) groups excluding carboxylic acids is 1. The van der Waals surface area contributed by atoms with Crippen LogP contribution in [0.2, 0.25) is 0 Å². The summed E-state index contributed by atoms with van der Waals surface area (Å²) >= 11 is 0. The van der Waals surface area contributed by atoms with Crippen molar-refractivity contribution in [1.82, 2.24) is 4.90 Å². The second-order valence-corrected chi connectivity index (χ2v) is 8.09. The molecule has 112 valence electrons. The van der Waals surface area contributed by atoms with Gasteiger partial charge >= 0.3 is 0 Å². The highest BCUT2D eigenvalue weighted by Gasteiger charge is 2.54. The predicted molar refractivity (Wildman–Crippen MR) is 77.0 cm³/mol. The van der Waals surface area contributed by atoms with Gasteiger partial charge in [0.2, 0.25) is 5.91 Å². The Morgan fingerprint density at radius 3 is 2.25 bits per heavy atom. The summed E-state index contributed by atoms with van der Waals surface area (Å²) in [7, 11) is 0. The normalized spacial score (nSPS) is 45.0. The molecule has 1 saturated heterocycles. The first kappa shape index (κ1) is 13.1. The molecule has 3 heteroatoms. The van der Waals surface area contributed by atoms with Gasteiger partial charge in [-0.1, -0.05) is 0 Å². The standard InChI is InChI=1S/C17H27NO2/c19-15(11-18-4-2-1-3-16(18)20)17-8-12-5-13(9-17)7-14(6-12)10-17/h12-15,19H,1-11H2. The van der Waals surface area contributed by atoms with Gasteiger partial charge in [-0.15, -0.1) is 0 Å². The number of amides is 1. The Kier molecular flexibility index (Phi) is 3.10. The minimum absolute atomic E-state index is 0.159. The maximum Gasteiger partial charge on any atom is 0.222 e. The lowest BCUT2D eigenvalue weighted by atomic mass is 9.48. The van der Waals surface area contributed by atoms with Gasteiger partial charge in [-0.3, -0.25) is 4.79 Å². The van der Waals surface area contributed by atoms with E-state index in [4.69, 9.17) is 0 Å². The largest absolute Gasteiger partial charge is 0.391 e. The van der Waals surface area contributed by atoms with Crippen LogP contribution in [0.1, 0.15) is 57.8 Å². The van der Waals surface area contributed by atoms with Gasteiger partial charge in [0, 0.05) is 19.5 Å². The molecule has 0 spiro atoms. The zero-order chi connectivity index (χ0) is 13.7. The van der Waals surface area contributed by atoms with Crippen molar-refractivity contribution in [3.63, 3.8) is 0 Å². The molecule has 1 atom stereocenters. The highest BCUT2D eigenvalue weighted by atomic mass is 16.3. The van der Waals surface area contributed by atoms with Crippen molar-refractivity contribution in [1.29, 1.82) is 0 Å². The minimum atomic E-state index is -0.280. The van der Waals surface area contributed by atoms with E-state index in [9.17, 15) is 9.90 Å². The Balaban J connectivity index is 1.47. The third-order valence-corrected chi connectivity index (χ3v) is 6.61. The molecule has 20 heavy (non-hydrogen) atoms. The SMILES string of the molecule is O=C1CCCCN1CC(O)C12CC3CC(CC(C3)C1)C2. The third-order valence-electron chi connectivity index (χ3n) is 6.61. The number of aliphatic hydroxyl groups excluding tert-OH is 1. The Morgan fingerprint density at radius 1 is 1.10 bits per heavy atom. The summed E-state index contributed by atoms with van der Waals surface area (Å²) < 4.78 is 0. The third kappa shape index (κ3) is 2.09. The molecule has 5 aliphatic rings. The molecule has 4 saturated carbocycles. The number of rotatable bonds is 3. The van der Waals surface area contributed by atoms with Crippen molar-refractivity contribution >= 4 is 5.91 Å². The van der Waals surface area contributed by atoms with Crippen LogP contribution in [0.15, 0.2) is 0 Å². The maximum absolute atomic E-state index is 12.0. The predicted octanol–water partition coefficient (Wildman–Crippen LogP) is 2.58. The van der Waals surface area contributed by atoms with E-state index in [1.165, 1.54) is 38.5 Å². The van der Waals surface area contributed by atoms with Gasteiger partial charge in [0.1, 0.15) is 0 Å². The molecule has 1 N–H and O–H groups in total. The number of nitrogens with zero attached hydrogens (tertiary/aromatic N) is 1. The van der Waals surface area contributed by atoms with Gasteiger partial charge in [0.05, 0.1) is 6.10 Å². The number of likely N-dealkylation sites (tertiary alicyclic amines) is 1. The van der Waals surface area contributed by atoms with Crippen LogP contribution in [0, 0.1) is 23.2 Å². The first-order valence-electron chi connectivity index (χ1n) is 8.60. The molecule has 1 amide bonds. The molecule has 1 heterocycles. The molecule has 0 aromatic heterocycles. The van der Waals surface area contributed by atoms with Crippen molar-refractivity contribution in [3.8, 4) is 0 Å². The molecule has 4 aliphatic carbocycles. The summed E-state index contributed by atoms with van der Waals surface area (Å²) in [5, 5.41) is 10.9. The van der Waals surface area contributed by atoms with Crippen LogP contribution in [0.3, 0.4) is 0 Å². The van der Waals surface area contributed by atoms with Crippen molar-refractivity contribution in [2.45, 2.75) is 63.9 Å². The lowest BCUT2D eigenvalue weighted by Gasteiger charge is -2.58. The molecule has 0 aromatic carbocycles. The Labute approximate surface area is 121 Å². The summed E-state index contributed by atoms with van der Waals surface area (Å²) in [5.74, 6) is 2.87. The van der Waals surface area contributed by atoms with Gasteiger partial charge in [0.25, 0.3) is 0 Å². The lowest BCUT2D eigenvalue weighted by Crippen LogP contribution is -2.55. The van der Waals surface area contributed by atoms with E-state index < -0.39 is 0 Å². The number of piperidine rings is 1. The van der Waals surface area contributed by atoms with Gasteiger partial charge in [0.15, 0.2) is 0 Å². The van der Waals surface area contributed by atoms with Crippen LogP contribution in [0.5, 0.6) is 0 Å². The van der Waals surface area contributed by atoms with E-state index >= 15 is 0 Å². The van der Waals surface area contributed by atoms with Crippen molar-refractivity contribution in [2.75, 3.05) is 13.1 Å². The van der Waals surface area contributed by atoms with Crippen LogP contribution in [-0.2, 0) is 4.79 Å². The fraction of sp³-hybridized carbons (Fsp3) is 0.941. The smallest absolute Gasteiger partial charge is 0.222 e. The maximum atomic E-state index is 12.0. The van der Waals surface area contributed by atoms with Crippen molar-refractivity contribution in [3.05, 3.63) is 0 Å². The number of hydrogen-bond donors (Lipinski definition) is 1. The van der Waals surface area contributed by atoms with E-state index in [0.29, 0.717) is 13.0 Å². The van der Waals surface area contributed by atoms with Crippen LogP contribution < -0.4 is 0 Å². The summed E-state index contributed by atoms with van der Waals surface area (Å²) in [6.45, 7) is 1.47. The van der Waals surface area contributed by atoms with Crippen LogP contribution in [0.25, 0.3) is 0 Å². The fourth-order valence-corrected chi connectivity index (χ4v) is 6.04. The Hall–Kier alpha value is -0.570. The molecule has 5 fully saturated rings. The molecule has 3 nitrogen and oxygen atoms in total. The molecular formula is C17H27NO2. The highest BCUT2D eigenvalue weighted by Crippen LogP contribution is 2.61. The van der Waals surface area contributed by atoms with E-state index in [-0.39, 0.29) is 17.4 Å². The quantitative estimate of drug-likeness (QED) is 0.861. The van der Waals surface area contributed by atoms with Gasteiger partial charge in [-0.25, -0.2) is 0 Å². The fourth-order valence-electron chi connectivity index (χ4n) is 6.04. The summed E-state index contributed by atoms with van der Waals surface area (Å²) in [4.78, 5) is 13.9. The number of β-amino-alcohol motifs (C(OH)–C–C–N with tert-alkyl or cyclic N) is 1. The zero-order valence-electron chi connectivity index (χ0n) is 12.4. The molecule has 1 unspecified atom stereocenters. The Bertz CT molecular complexity index is 371.